The normalized spacial score (nSPS) is 10.4. The summed E-state index contributed by atoms with van der Waals surface area (Å²) >= 11 is 11.1. The summed E-state index contributed by atoms with van der Waals surface area (Å²) in [4.78, 5) is 1.18. The maximum atomic E-state index is 5.92. The summed E-state index contributed by atoms with van der Waals surface area (Å²) in [6, 6.07) is 7.69. The highest BCUT2D eigenvalue weighted by Gasteiger charge is 2.04. The molecule has 2 aromatic rings. The number of rotatable bonds is 3. The van der Waals surface area contributed by atoms with Gasteiger partial charge < -0.3 is 4.74 Å². The Morgan fingerprint density at radius 1 is 1.38 bits per heavy atom. The van der Waals surface area contributed by atoms with Gasteiger partial charge in [0.05, 0.1) is 4.88 Å². The van der Waals surface area contributed by atoms with Crippen LogP contribution >= 0.6 is 38.9 Å². The quantitative estimate of drug-likeness (QED) is 0.769. The molecule has 1 heterocycles. The summed E-state index contributed by atoms with van der Waals surface area (Å²) in [5.41, 5.74) is 1.09. The van der Waals surface area contributed by atoms with Gasteiger partial charge in [-0.25, -0.2) is 0 Å². The van der Waals surface area contributed by atoms with Gasteiger partial charge in [-0.15, -0.1) is 11.3 Å². The van der Waals surface area contributed by atoms with Gasteiger partial charge in [-0.1, -0.05) is 17.7 Å². The Morgan fingerprint density at radius 2 is 2.19 bits per heavy atom. The van der Waals surface area contributed by atoms with Gasteiger partial charge in [0.15, 0.2) is 0 Å². The van der Waals surface area contributed by atoms with Crippen molar-refractivity contribution in [2.45, 2.75) is 13.5 Å². The van der Waals surface area contributed by atoms with Crippen molar-refractivity contribution in [2.24, 2.45) is 0 Å². The monoisotopic (exact) mass is 316 g/mol. The maximum absolute atomic E-state index is 5.92. The average Bonchev–Trinajstić information content (AvgIpc) is 2.66. The molecular formula is C12H10BrClOS. The Bertz CT molecular complexity index is 496. The average molecular weight is 318 g/mol. The van der Waals surface area contributed by atoms with Crippen LogP contribution in [0.15, 0.2) is 34.1 Å². The molecule has 0 unspecified atom stereocenters. The van der Waals surface area contributed by atoms with Gasteiger partial charge in [0.25, 0.3) is 0 Å². The fourth-order valence-electron chi connectivity index (χ4n) is 1.30. The molecule has 0 saturated carbocycles. The first-order valence-electron chi connectivity index (χ1n) is 4.77. The Balaban J connectivity index is 2.10. The van der Waals surface area contributed by atoms with Crippen molar-refractivity contribution in [3.63, 3.8) is 0 Å². The third-order valence-corrected chi connectivity index (χ3v) is 4.33. The van der Waals surface area contributed by atoms with Gasteiger partial charge >= 0.3 is 0 Å². The third-order valence-electron chi connectivity index (χ3n) is 2.20. The Labute approximate surface area is 112 Å². The molecule has 1 nitrogen and oxygen atoms in total. The van der Waals surface area contributed by atoms with Crippen LogP contribution in [0, 0.1) is 6.92 Å². The van der Waals surface area contributed by atoms with Crippen molar-refractivity contribution in [1.82, 2.24) is 0 Å². The molecule has 84 valence electrons. The van der Waals surface area contributed by atoms with Crippen molar-refractivity contribution < 1.29 is 4.74 Å². The summed E-state index contributed by atoms with van der Waals surface area (Å²) in [6.45, 7) is 2.58. The van der Waals surface area contributed by atoms with E-state index in [0.717, 1.165) is 15.8 Å². The molecule has 0 fully saturated rings. The van der Waals surface area contributed by atoms with E-state index in [0.29, 0.717) is 11.6 Å². The molecule has 0 atom stereocenters. The number of halogens is 2. The molecule has 16 heavy (non-hydrogen) atoms. The first-order chi connectivity index (χ1) is 7.66. The molecule has 4 heteroatoms. The Morgan fingerprint density at radius 3 is 2.88 bits per heavy atom. The zero-order chi connectivity index (χ0) is 11.5. The van der Waals surface area contributed by atoms with E-state index in [4.69, 9.17) is 16.3 Å². The molecule has 2 rings (SSSR count). The van der Waals surface area contributed by atoms with Gasteiger partial charge in [0.1, 0.15) is 12.4 Å². The van der Waals surface area contributed by atoms with Crippen molar-refractivity contribution in [3.05, 3.63) is 49.6 Å². The number of thiophene rings is 1. The van der Waals surface area contributed by atoms with Crippen LogP contribution in [0.3, 0.4) is 0 Å². The topological polar surface area (TPSA) is 9.23 Å². The maximum Gasteiger partial charge on any atom is 0.124 e. The molecule has 1 aromatic heterocycles. The third kappa shape index (κ3) is 2.78. The highest BCUT2D eigenvalue weighted by Crippen LogP contribution is 2.27. The van der Waals surface area contributed by atoms with E-state index >= 15 is 0 Å². The van der Waals surface area contributed by atoms with Gasteiger partial charge in [0, 0.05) is 9.50 Å². The van der Waals surface area contributed by atoms with Crippen LogP contribution in [0.1, 0.15) is 10.4 Å². The van der Waals surface area contributed by atoms with Gasteiger partial charge in [0.2, 0.25) is 0 Å². The van der Waals surface area contributed by atoms with Crippen LogP contribution in [0.25, 0.3) is 0 Å². The summed E-state index contributed by atoms with van der Waals surface area (Å²) in [5, 5.41) is 2.74. The first kappa shape index (κ1) is 12.0. The second kappa shape index (κ2) is 5.21. The molecule has 0 aliphatic rings. The van der Waals surface area contributed by atoms with E-state index in [2.05, 4.69) is 15.9 Å². The predicted molar refractivity (Wildman–Crippen MR) is 72.5 cm³/mol. The van der Waals surface area contributed by atoms with Crippen LogP contribution in [0.5, 0.6) is 5.75 Å². The van der Waals surface area contributed by atoms with Gasteiger partial charge in [-0.2, -0.15) is 0 Å². The number of hydrogen-bond acceptors (Lipinski definition) is 2. The lowest BCUT2D eigenvalue weighted by molar-refractivity contribution is 0.307. The summed E-state index contributed by atoms with van der Waals surface area (Å²) in [5.74, 6) is 0.841. The van der Waals surface area contributed by atoms with Crippen molar-refractivity contribution in [2.75, 3.05) is 0 Å². The van der Waals surface area contributed by atoms with E-state index in [1.807, 2.05) is 36.6 Å². The fourth-order valence-corrected chi connectivity index (χ4v) is 2.84. The van der Waals surface area contributed by atoms with Crippen LogP contribution in [0.4, 0.5) is 0 Å². The predicted octanol–water partition coefficient (Wildman–Crippen LogP) is 5.05. The molecule has 0 aliphatic heterocycles. The molecule has 0 N–H and O–H groups in total. The summed E-state index contributed by atoms with van der Waals surface area (Å²) < 4.78 is 6.83. The molecular weight excluding hydrogens is 308 g/mol. The van der Waals surface area contributed by atoms with Crippen LogP contribution < -0.4 is 4.74 Å². The molecule has 0 saturated heterocycles. The van der Waals surface area contributed by atoms with Crippen molar-refractivity contribution >= 4 is 38.9 Å². The Hall–Kier alpha value is -0.510. The number of ether oxygens (including phenoxy) is 1. The largest absolute Gasteiger partial charge is 0.488 e. The zero-order valence-corrected chi connectivity index (χ0v) is 11.8. The van der Waals surface area contributed by atoms with Gasteiger partial charge in [-0.3, -0.25) is 0 Å². The molecule has 1 aromatic carbocycles. The molecule has 0 spiro atoms. The second-order valence-electron chi connectivity index (χ2n) is 3.39. The van der Waals surface area contributed by atoms with Crippen LogP contribution in [0.2, 0.25) is 5.02 Å². The van der Waals surface area contributed by atoms with Crippen LogP contribution in [-0.2, 0) is 6.61 Å². The SMILES string of the molecule is Cc1ccc(Cl)cc1OCc1sccc1Br. The smallest absolute Gasteiger partial charge is 0.124 e. The zero-order valence-electron chi connectivity index (χ0n) is 8.67. The lowest BCUT2D eigenvalue weighted by atomic mass is 10.2. The minimum Gasteiger partial charge on any atom is -0.488 e. The molecule has 0 radical (unpaired) electrons. The minimum absolute atomic E-state index is 0.569. The standard InChI is InChI=1S/C12H10BrClOS/c1-8-2-3-9(14)6-11(8)15-7-12-10(13)4-5-16-12/h2-6H,7H2,1H3. The summed E-state index contributed by atoms with van der Waals surface area (Å²) in [7, 11) is 0. The highest BCUT2D eigenvalue weighted by atomic mass is 79.9. The van der Waals surface area contributed by atoms with E-state index < -0.39 is 0 Å². The van der Waals surface area contributed by atoms with Crippen LogP contribution in [-0.4, -0.2) is 0 Å². The lowest BCUT2D eigenvalue weighted by Crippen LogP contribution is -1.95. The summed E-state index contributed by atoms with van der Waals surface area (Å²) in [6.07, 6.45) is 0. The van der Waals surface area contributed by atoms with E-state index in [1.54, 1.807) is 11.3 Å². The number of hydrogen-bond donors (Lipinski definition) is 0. The molecule has 0 bridgehead atoms. The van der Waals surface area contributed by atoms with E-state index in [-0.39, 0.29) is 0 Å². The van der Waals surface area contributed by atoms with Gasteiger partial charge in [-0.05, 0) is 52.0 Å². The minimum atomic E-state index is 0.569. The van der Waals surface area contributed by atoms with Crippen molar-refractivity contribution in [1.29, 1.82) is 0 Å². The second-order valence-corrected chi connectivity index (χ2v) is 5.68. The van der Waals surface area contributed by atoms with Crippen molar-refractivity contribution in [3.8, 4) is 5.75 Å². The molecule has 0 aliphatic carbocycles. The lowest BCUT2D eigenvalue weighted by Gasteiger charge is -2.08. The fraction of sp³-hybridized carbons (Fsp3) is 0.167. The number of aryl methyl sites for hydroxylation is 1. The van der Waals surface area contributed by atoms with E-state index in [1.165, 1.54) is 4.88 Å². The van der Waals surface area contributed by atoms with E-state index in [9.17, 15) is 0 Å². The highest BCUT2D eigenvalue weighted by molar-refractivity contribution is 9.10. The Kier molecular flexibility index (Phi) is 3.90. The number of benzene rings is 1. The molecule has 0 amide bonds. The first-order valence-corrected chi connectivity index (χ1v) is 6.82.